The van der Waals surface area contributed by atoms with E-state index in [2.05, 4.69) is 14.9 Å². The van der Waals surface area contributed by atoms with Crippen LogP contribution in [0.25, 0.3) is 10.9 Å². The standard InChI is InChI=1S/C25H32ClFN6O4.C2H6/c1-24(2,3)37-23(34)31-10-11-33-15(12-31)13-35-21-16-18(17(27)19(26)29-21)28-22(30-20(16)33)36-14-25-6-4-8-32(25)9-5-7-25;1-2/h15H,4-14H2,1-3H3;1-2H3/t15-;/m0./s1. The molecule has 0 N–H and O–H groups in total. The Labute approximate surface area is 233 Å². The molecule has 214 valence electrons. The summed E-state index contributed by atoms with van der Waals surface area (Å²) in [7, 11) is 0. The van der Waals surface area contributed by atoms with Crippen LogP contribution in [0.3, 0.4) is 0 Å². The Hall–Kier alpha value is -2.66. The zero-order valence-corrected chi connectivity index (χ0v) is 24.2. The third-order valence-corrected chi connectivity index (χ3v) is 8.02. The van der Waals surface area contributed by atoms with Crippen molar-refractivity contribution in [3.8, 4) is 11.9 Å². The number of carbonyl (C=O) groups is 1. The SMILES string of the molecule is CC.CC(C)(C)OC(=O)N1CCN2c3nc(OCC45CCCN4CCC5)nc4c(F)c(Cl)nc(c34)OC[C@@H]2C1. The summed E-state index contributed by atoms with van der Waals surface area (Å²) in [6.45, 7) is 13.6. The average Bonchev–Trinajstić information content (AvgIpc) is 3.44. The molecule has 0 unspecified atom stereocenters. The summed E-state index contributed by atoms with van der Waals surface area (Å²) in [5, 5.41) is 0.0497. The molecule has 0 aromatic carbocycles. The fraction of sp³-hybridized carbons (Fsp3) is 0.704. The molecule has 6 heterocycles. The van der Waals surface area contributed by atoms with Crippen LogP contribution < -0.4 is 14.4 Å². The quantitative estimate of drug-likeness (QED) is 0.493. The van der Waals surface area contributed by atoms with Crippen molar-refractivity contribution in [3.63, 3.8) is 0 Å². The molecule has 3 saturated heterocycles. The Morgan fingerprint density at radius 1 is 1.13 bits per heavy atom. The van der Waals surface area contributed by atoms with Crippen LogP contribution in [0.5, 0.6) is 11.9 Å². The number of carbonyl (C=O) groups excluding carboxylic acids is 1. The van der Waals surface area contributed by atoms with E-state index in [1.165, 1.54) is 0 Å². The summed E-state index contributed by atoms with van der Waals surface area (Å²) < 4.78 is 33.0. The Morgan fingerprint density at radius 2 is 1.85 bits per heavy atom. The minimum absolute atomic E-state index is 0.00325. The fourth-order valence-electron chi connectivity index (χ4n) is 6.06. The first-order valence-electron chi connectivity index (χ1n) is 14.0. The average molecular weight is 565 g/mol. The van der Waals surface area contributed by atoms with E-state index in [1.807, 2.05) is 39.5 Å². The maximum atomic E-state index is 15.2. The first-order valence-corrected chi connectivity index (χ1v) is 14.3. The van der Waals surface area contributed by atoms with E-state index in [9.17, 15) is 4.79 Å². The second-order valence-electron chi connectivity index (χ2n) is 11.4. The molecule has 39 heavy (non-hydrogen) atoms. The molecule has 12 heteroatoms. The molecule has 1 atom stereocenters. The number of aromatic nitrogens is 3. The lowest BCUT2D eigenvalue weighted by atomic mass is 9.95. The van der Waals surface area contributed by atoms with Gasteiger partial charge in [0.2, 0.25) is 5.88 Å². The van der Waals surface area contributed by atoms with E-state index in [-0.39, 0.29) is 46.8 Å². The van der Waals surface area contributed by atoms with Crippen molar-refractivity contribution in [1.82, 2.24) is 24.8 Å². The second-order valence-corrected chi connectivity index (χ2v) is 11.7. The third kappa shape index (κ3) is 5.27. The third-order valence-electron chi connectivity index (χ3n) is 7.77. The molecule has 1 amide bonds. The lowest BCUT2D eigenvalue weighted by Crippen LogP contribution is -2.57. The molecule has 0 bridgehead atoms. The van der Waals surface area contributed by atoms with Crippen molar-refractivity contribution < 1.29 is 23.4 Å². The van der Waals surface area contributed by atoms with Crippen LogP contribution in [0.4, 0.5) is 15.0 Å². The van der Waals surface area contributed by atoms with Gasteiger partial charge in [-0.15, -0.1) is 0 Å². The van der Waals surface area contributed by atoms with Gasteiger partial charge in [0, 0.05) is 19.6 Å². The van der Waals surface area contributed by atoms with Gasteiger partial charge in [-0.05, 0) is 59.5 Å². The molecule has 0 aliphatic carbocycles. The molecule has 6 rings (SSSR count). The van der Waals surface area contributed by atoms with Crippen molar-refractivity contribution >= 4 is 34.4 Å². The zero-order chi connectivity index (χ0) is 27.9. The monoisotopic (exact) mass is 564 g/mol. The van der Waals surface area contributed by atoms with Crippen LogP contribution in [0.15, 0.2) is 0 Å². The fourth-order valence-corrected chi connectivity index (χ4v) is 6.22. The lowest BCUT2D eigenvalue weighted by Gasteiger charge is -2.41. The van der Waals surface area contributed by atoms with Gasteiger partial charge >= 0.3 is 12.1 Å². The van der Waals surface area contributed by atoms with Gasteiger partial charge in [0.15, 0.2) is 11.0 Å². The number of anilines is 1. The number of ether oxygens (including phenoxy) is 3. The molecular formula is C27H38ClFN6O4. The molecule has 2 aromatic rings. The predicted molar refractivity (Wildman–Crippen MR) is 146 cm³/mol. The van der Waals surface area contributed by atoms with E-state index >= 15 is 4.39 Å². The van der Waals surface area contributed by atoms with E-state index in [1.54, 1.807) is 4.90 Å². The van der Waals surface area contributed by atoms with Crippen LogP contribution in [0.1, 0.15) is 60.3 Å². The smallest absolute Gasteiger partial charge is 0.410 e. The first kappa shape index (κ1) is 27.9. The summed E-state index contributed by atoms with van der Waals surface area (Å²) in [4.78, 5) is 32.3. The molecule has 0 saturated carbocycles. The minimum atomic E-state index is -0.732. The van der Waals surface area contributed by atoms with E-state index < -0.39 is 11.4 Å². The molecule has 10 nitrogen and oxygen atoms in total. The highest BCUT2D eigenvalue weighted by molar-refractivity contribution is 6.30. The number of fused-ring (bicyclic) bond motifs is 3. The summed E-state index contributed by atoms with van der Waals surface area (Å²) >= 11 is 6.13. The van der Waals surface area contributed by atoms with Crippen LogP contribution in [-0.2, 0) is 4.74 Å². The van der Waals surface area contributed by atoms with Gasteiger partial charge in [-0.25, -0.2) is 9.18 Å². The van der Waals surface area contributed by atoms with Crippen LogP contribution in [0, 0.1) is 5.82 Å². The Morgan fingerprint density at radius 3 is 2.54 bits per heavy atom. The molecule has 2 aromatic heterocycles. The molecule has 4 aliphatic heterocycles. The van der Waals surface area contributed by atoms with Gasteiger partial charge in [-0.1, -0.05) is 25.4 Å². The minimum Gasteiger partial charge on any atom is -0.475 e. The largest absolute Gasteiger partial charge is 0.475 e. The first-order chi connectivity index (χ1) is 18.6. The highest BCUT2D eigenvalue weighted by atomic mass is 35.5. The summed E-state index contributed by atoms with van der Waals surface area (Å²) in [5.74, 6) is -0.0704. The highest BCUT2D eigenvalue weighted by Gasteiger charge is 2.45. The van der Waals surface area contributed by atoms with E-state index in [0.717, 1.165) is 38.8 Å². The molecular weight excluding hydrogens is 527 g/mol. The Kier molecular flexibility index (Phi) is 7.67. The number of halogens is 2. The summed E-state index contributed by atoms with van der Waals surface area (Å²) in [5.41, 5.74) is -0.574. The number of rotatable bonds is 3. The Balaban J connectivity index is 0.00000151. The van der Waals surface area contributed by atoms with E-state index in [0.29, 0.717) is 37.4 Å². The van der Waals surface area contributed by atoms with Crippen molar-refractivity contribution in [2.24, 2.45) is 0 Å². The molecule has 0 radical (unpaired) electrons. The van der Waals surface area contributed by atoms with Gasteiger partial charge in [0.25, 0.3) is 0 Å². The van der Waals surface area contributed by atoms with Crippen LogP contribution >= 0.6 is 11.6 Å². The number of piperazine rings is 1. The highest BCUT2D eigenvalue weighted by Crippen LogP contribution is 2.41. The van der Waals surface area contributed by atoms with Crippen LogP contribution in [-0.4, -0.2) is 94.0 Å². The number of hydrogen-bond acceptors (Lipinski definition) is 9. The number of hydrogen-bond donors (Lipinski definition) is 0. The maximum absolute atomic E-state index is 15.2. The zero-order valence-electron chi connectivity index (χ0n) is 23.4. The lowest BCUT2D eigenvalue weighted by molar-refractivity contribution is 0.0201. The molecule has 3 fully saturated rings. The number of amides is 1. The van der Waals surface area contributed by atoms with Gasteiger partial charge < -0.3 is 24.0 Å². The second kappa shape index (κ2) is 10.7. The topological polar surface area (TPSA) is 93.2 Å². The summed E-state index contributed by atoms with van der Waals surface area (Å²) in [6.07, 6.45) is 4.06. The van der Waals surface area contributed by atoms with Crippen molar-refractivity contribution in [2.75, 3.05) is 50.8 Å². The molecule has 0 spiro atoms. The van der Waals surface area contributed by atoms with Crippen molar-refractivity contribution in [1.29, 1.82) is 0 Å². The van der Waals surface area contributed by atoms with Crippen molar-refractivity contribution in [3.05, 3.63) is 11.0 Å². The van der Waals surface area contributed by atoms with Gasteiger partial charge in [-0.2, -0.15) is 15.0 Å². The number of nitrogens with zero attached hydrogens (tertiary/aromatic N) is 6. The number of pyridine rings is 1. The van der Waals surface area contributed by atoms with Gasteiger partial charge in [0.05, 0.1) is 11.6 Å². The predicted octanol–water partition coefficient (Wildman–Crippen LogP) is 4.67. The molecule has 4 aliphatic rings. The summed E-state index contributed by atoms with van der Waals surface area (Å²) in [6, 6.07) is -0.139. The normalized spacial score (nSPS) is 21.9. The van der Waals surface area contributed by atoms with E-state index in [4.69, 9.17) is 30.8 Å². The van der Waals surface area contributed by atoms with Gasteiger partial charge in [0.1, 0.15) is 35.5 Å². The maximum Gasteiger partial charge on any atom is 0.410 e. The van der Waals surface area contributed by atoms with Gasteiger partial charge in [-0.3, -0.25) is 4.90 Å². The van der Waals surface area contributed by atoms with Crippen molar-refractivity contribution in [2.45, 2.75) is 77.5 Å². The van der Waals surface area contributed by atoms with Crippen LogP contribution in [0.2, 0.25) is 5.15 Å². The Bertz CT molecular complexity index is 1230.